The van der Waals surface area contributed by atoms with Gasteiger partial charge in [0, 0.05) is 10.6 Å². The van der Waals surface area contributed by atoms with Gasteiger partial charge in [0.05, 0.1) is 10.6 Å². The van der Waals surface area contributed by atoms with E-state index in [4.69, 9.17) is 23.1 Å². The number of primary amides is 1. The van der Waals surface area contributed by atoms with Crippen LogP contribution in [-0.4, -0.2) is 11.8 Å². The molecule has 0 fully saturated rings. The largest absolute Gasteiger partial charge is 0.366 e. The molecule has 0 aliphatic heterocycles. The van der Waals surface area contributed by atoms with Crippen molar-refractivity contribution in [3.63, 3.8) is 0 Å². The second-order valence-electron chi connectivity index (χ2n) is 4.04. The van der Waals surface area contributed by atoms with Crippen LogP contribution in [0.4, 0.5) is 5.69 Å². The van der Waals surface area contributed by atoms with Crippen LogP contribution in [-0.2, 0) is 4.79 Å². The minimum Gasteiger partial charge on any atom is -0.366 e. The van der Waals surface area contributed by atoms with E-state index >= 15 is 0 Å². The fourth-order valence-corrected chi connectivity index (χ4v) is 2.61. The molecule has 0 spiro atoms. The zero-order valence-electron chi connectivity index (χ0n) is 10.3. The van der Waals surface area contributed by atoms with Crippen LogP contribution in [0.15, 0.2) is 35.7 Å². The maximum atomic E-state index is 12.0. The Morgan fingerprint density at radius 3 is 2.60 bits per heavy atom. The number of hydrogen-bond donors (Lipinski definition) is 3. The number of carbonyl (C=O) groups excluding carboxylic acids is 2. The molecule has 1 aromatic heterocycles. The van der Waals surface area contributed by atoms with Crippen molar-refractivity contribution in [3.8, 4) is 0 Å². The number of halogens is 1. The third kappa shape index (κ3) is 3.16. The molecule has 1 heterocycles. The van der Waals surface area contributed by atoms with E-state index in [1.165, 1.54) is 23.5 Å². The Balaban J connectivity index is 2.12. The van der Waals surface area contributed by atoms with E-state index in [1.807, 2.05) is 11.4 Å². The SMILES string of the molecule is NC(=O)c1ccc(NC(=O)C(N)c2cccs2)cc1Cl. The number of amides is 2. The second kappa shape index (κ2) is 6.04. The summed E-state index contributed by atoms with van der Waals surface area (Å²) in [4.78, 5) is 23.8. The number of anilines is 1. The van der Waals surface area contributed by atoms with E-state index in [0.29, 0.717) is 5.69 Å². The molecule has 0 aliphatic rings. The number of hydrogen-bond acceptors (Lipinski definition) is 4. The van der Waals surface area contributed by atoms with Crippen LogP contribution in [0.5, 0.6) is 0 Å². The summed E-state index contributed by atoms with van der Waals surface area (Å²) in [5.41, 5.74) is 11.6. The van der Waals surface area contributed by atoms with Crippen molar-refractivity contribution in [1.29, 1.82) is 0 Å². The first-order chi connectivity index (χ1) is 9.49. The quantitative estimate of drug-likeness (QED) is 0.807. The molecule has 20 heavy (non-hydrogen) atoms. The molecule has 1 unspecified atom stereocenters. The summed E-state index contributed by atoms with van der Waals surface area (Å²) in [5.74, 6) is -0.974. The van der Waals surface area contributed by atoms with Crippen LogP contribution >= 0.6 is 22.9 Å². The third-order valence-corrected chi connectivity index (χ3v) is 3.90. The number of benzene rings is 1. The van der Waals surface area contributed by atoms with Crippen molar-refractivity contribution in [1.82, 2.24) is 0 Å². The van der Waals surface area contributed by atoms with Gasteiger partial charge in [-0.15, -0.1) is 11.3 Å². The summed E-state index contributed by atoms with van der Waals surface area (Å²) >= 11 is 7.31. The first-order valence-corrected chi connectivity index (χ1v) is 6.94. The van der Waals surface area contributed by atoms with Crippen molar-refractivity contribution in [2.24, 2.45) is 11.5 Å². The summed E-state index contributed by atoms with van der Waals surface area (Å²) in [6.07, 6.45) is 0. The van der Waals surface area contributed by atoms with Gasteiger partial charge in [0.15, 0.2) is 0 Å². The van der Waals surface area contributed by atoms with E-state index in [0.717, 1.165) is 4.88 Å². The van der Waals surface area contributed by atoms with Gasteiger partial charge in [-0.2, -0.15) is 0 Å². The van der Waals surface area contributed by atoms with Gasteiger partial charge in [-0.25, -0.2) is 0 Å². The van der Waals surface area contributed by atoms with Crippen molar-refractivity contribution < 1.29 is 9.59 Å². The number of rotatable bonds is 4. The first-order valence-electron chi connectivity index (χ1n) is 5.68. The lowest BCUT2D eigenvalue weighted by Gasteiger charge is -2.11. The van der Waals surface area contributed by atoms with Gasteiger partial charge >= 0.3 is 0 Å². The van der Waals surface area contributed by atoms with E-state index in [2.05, 4.69) is 5.32 Å². The topological polar surface area (TPSA) is 98.2 Å². The van der Waals surface area contributed by atoms with Crippen LogP contribution in [0.3, 0.4) is 0 Å². The second-order valence-corrected chi connectivity index (χ2v) is 5.43. The van der Waals surface area contributed by atoms with Crippen LogP contribution in [0.1, 0.15) is 21.3 Å². The number of thiophene rings is 1. The Hall–Kier alpha value is -1.89. The van der Waals surface area contributed by atoms with Gasteiger partial charge in [-0.3, -0.25) is 9.59 Å². The Bertz CT molecular complexity index is 643. The van der Waals surface area contributed by atoms with Crippen molar-refractivity contribution in [2.45, 2.75) is 6.04 Å². The van der Waals surface area contributed by atoms with E-state index in [-0.39, 0.29) is 16.5 Å². The summed E-state index contributed by atoms with van der Waals surface area (Å²) in [6, 6.07) is 7.33. The Labute approximate surface area is 124 Å². The zero-order chi connectivity index (χ0) is 14.7. The van der Waals surface area contributed by atoms with Gasteiger partial charge in [-0.05, 0) is 29.6 Å². The maximum Gasteiger partial charge on any atom is 0.250 e. The molecule has 5 nitrogen and oxygen atoms in total. The number of nitrogens with two attached hydrogens (primary N) is 2. The molecular formula is C13H12ClN3O2S. The normalized spacial score (nSPS) is 11.9. The molecule has 2 rings (SSSR count). The molecule has 7 heteroatoms. The standard InChI is InChI=1S/C13H12ClN3O2S/c14-9-6-7(3-4-8(9)12(16)18)17-13(19)11(15)10-2-1-5-20-10/h1-6,11H,15H2,(H2,16,18)(H,17,19). The Morgan fingerprint density at radius 1 is 1.30 bits per heavy atom. The fourth-order valence-electron chi connectivity index (χ4n) is 1.61. The highest BCUT2D eigenvalue weighted by atomic mass is 35.5. The third-order valence-electron chi connectivity index (χ3n) is 2.63. The Morgan fingerprint density at radius 2 is 2.05 bits per heavy atom. The molecule has 104 valence electrons. The summed E-state index contributed by atoms with van der Waals surface area (Å²) in [6.45, 7) is 0. The highest BCUT2D eigenvalue weighted by Gasteiger charge is 2.17. The average Bonchev–Trinajstić information content (AvgIpc) is 2.91. The maximum absolute atomic E-state index is 12.0. The lowest BCUT2D eigenvalue weighted by molar-refractivity contribution is -0.117. The van der Waals surface area contributed by atoms with Crippen LogP contribution in [0, 0.1) is 0 Å². The highest BCUT2D eigenvalue weighted by molar-refractivity contribution is 7.10. The minimum absolute atomic E-state index is 0.181. The minimum atomic E-state index is -0.746. The molecule has 1 atom stereocenters. The average molecular weight is 310 g/mol. The molecule has 0 saturated carbocycles. The number of carbonyl (C=O) groups is 2. The lowest BCUT2D eigenvalue weighted by atomic mass is 10.2. The van der Waals surface area contributed by atoms with Crippen LogP contribution < -0.4 is 16.8 Å². The zero-order valence-corrected chi connectivity index (χ0v) is 11.9. The molecule has 0 aliphatic carbocycles. The molecular weight excluding hydrogens is 298 g/mol. The molecule has 0 saturated heterocycles. The highest BCUT2D eigenvalue weighted by Crippen LogP contribution is 2.22. The smallest absolute Gasteiger partial charge is 0.250 e. The van der Waals surface area contributed by atoms with Gasteiger partial charge in [0.2, 0.25) is 11.8 Å². The van der Waals surface area contributed by atoms with E-state index in [9.17, 15) is 9.59 Å². The molecule has 0 bridgehead atoms. The number of nitrogens with one attached hydrogen (secondary N) is 1. The predicted octanol–water partition coefficient (Wildman–Crippen LogP) is 2.14. The molecule has 1 aromatic carbocycles. The van der Waals surface area contributed by atoms with Gasteiger partial charge in [-0.1, -0.05) is 17.7 Å². The molecule has 0 radical (unpaired) electrons. The van der Waals surface area contributed by atoms with Gasteiger partial charge in [0.1, 0.15) is 6.04 Å². The van der Waals surface area contributed by atoms with Crippen molar-refractivity contribution >= 4 is 40.4 Å². The monoisotopic (exact) mass is 309 g/mol. The van der Waals surface area contributed by atoms with E-state index in [1.54, 1.807) is 12.1 Å². The van der Waals surface area contributed by atoms with Crippen molar-refractivity contribution in [2.75, 3.05) is 5.32 Å². The van der Waals surface area contributed by atoms with Gasteiger partial charge < -0.3 is 16.8 Å². The summed E-state index contributed by atoms with van der Waals surface area (Å²) in [7, 11) is 0. The van der Waals surface area contributed by atoms with Crippen LogP contribution in [0.25, 0.3) is 0 Å². The predicted molar refractivity (Wildman–Crippen MR) is 79.8 cm³/mol. The van der Waals surface area contributed by atoms with Crippen molar-refractivity contribution in [3.05, 3.63) is 51.2 Å². The Kier molecular flexibility index (Phi) is 4.39. The molecule has 5 N–H and O–H groups in total. The summed E-state index contributed by atoms with van der Waals surface area (Å²) < 4.78 is 0. The first kappa shape index (κ1) is 14.5. The van der Waals surface area contributed by atoms with Crippen LogP contribution in [0.2, 0.25) is 5.02 Å². The van der Waals surface area contributed by atoms with Gasteiger partial charge in [0.25, 0.3) is 0 Å². The fraction of sp³-hybridized carbons (Fsp3) is 0.0769. The van der Waals surface area contributed by atoms with E-state index < -0.39 is 11.9 Å². The molecule has 2 amide bonds. The summed E-state index contributed by atoms with van der Waals surface area (Å²) in [5, 5.41) is 4.67. The lowest BCUT2D eigenvalue weighted by Crippen LogP contribution is -2.27. The molecule has 2 aromatic rings.